The first-order valence-corrected chi connectivity index (χ1v) is 12.7. The number of likely N-dealkylation sites (tertiary alicyclic amines) is 1. The van der Waals surface area contributed by atoms with Gasteiger partial charge in [-0.3, -0.25) is 14.3 Å². The zero-order chi connectivity index (χ0) is 24.3. The molecule has 2 N–H and O–H groups in total. The number of sulfonamides is 1. The number of nitrogens with one attached hydrogen (secondary N) is 2. The van der Waals surface area contributed by atoms with E-state index >= 15 is 0 Å². The molecule has 1 aliphatic rings. The first-order valence-electron chi connectivity index (χ1n) is 10.8. The van der Waals surface area contributed by atoms with Crippen LogP contribution in [0.1, 0.15) is 39.1 Å². The van der Waals surface area contributed by atoms with Crippen LogP contribution in [0.25, 0.3) is 0 Å². The molecule has 1 aliphatic heterocycles. The molecular weight excluding hydrogens is 474 g/mol. The molecule has 0 aliphatic carbocycles. The van der Waals surface area contributed by atoms with Gasteiger partial charge in [-0.25, -0.2) is 8.42 Å². The molecule has 0 atom stereocenters. The molecule has 0 saturated carbocycles. The molecule has 3 aromatic carbocycles. The molecule has 0 bridgehead atoms. The molecule has 0 unspecified atom stereocenters. The Morgan fingerprint density at radius 1 is 0.912 bits per heavy atom. The Kier molecular flexibility index (Phi) is 6.90. The predicted octanol–water partition coefficient (Wildman–Crippen LogP) is 4.94. The predicted molar refractivity (Wildman–Crippen MR) is 133 cm³/mol. The topological polar surface area (TPSA) is 95.6 Å². The molecule has 3 aromatic rings. The fourth-order valence-corrected chi connectivity index (χ4v) is 5.01. The summed E-state index contributed by atoms with van der Waals surface area (Å²) >= 11 is 6.26. The van der Waals surface area contributed by atoms with Crippen LogP contribution in [0.2, 0.25) is 5.02 Å². The van der Waals surface area contributed by atoms with E-state index in [1.165, 1.54) is 30.3 Å². The van der Waals surface area contributed by atoms with Gasteiger partial charge in [0.15, 0.2) is 0 Å². The number of para-hydroxylation sites is 1. The number of rotatable bonds is 6. The van der Waals surface area contributed by atoms with Crippen molar-refractivity contribution in [3.05, 3.63) is 88.4 Å². The average molecular weight is 498 g/mol. The normalized spacial score (nSPS) is 13.5. The highest BCUT2D eigenvalue weighted by molar-refractivity contribution is 7.92. The molecule has 1 fully saturated rings. The lowest BCUT2D eigenvalue weighted by Gasteiger charge is -2.18. The number of carbonyl (C=O) groups is 2. The number of hydrogen-bond donors (Lipinski definition) is 2. The minimum atomic E-state index is -3.85. The SMILES string of the molecule is Cc1ccc(S(=O)(=O)Nc2ccc(Cl)c(C(=O)Nc3ccccc3C(=O)N3CCCC3)c2)cc1. The summed E-state index contributed by atoms with van der Waals surface area (Å²) in [5.41, 5.74) is 1.97. The highest BCUT2D eigenvalue weighted by atomic mass is 35.5. The molecule has 4 rings (SSSR count). The van der Waals surface area contributed by atoms with Crippen molar-refractivity contribution in [2.75, 3.05) is 23.1 Å². The van der Waals surface area contributed by atoms with Crippen LogP contribution in [0.5, 0.6) is 0 Å². The summed E-state index contributed by atoms with van der Waals surface area (Å²) in [5.74, 6) is -0.692. The smallest absolute Gasteiger partial charge is 0.261 e. The summed E-state index contributed by atoms with van der Waals surface area (Å²) in [6, 6.07) is 17.5. The lowest BCUT2D eigenvalue weighted by molar-refractivity contribution is 0.0794. The zero-order valence-electron chi connectivity index (χ0n) is 18.5. The van der Waals surface area contributed by atoms with Crippen molar-refractivity contribution < 1.29 is 18.0 Å². The van der Waals surface area contributed by atoms with Gasteiger partial charge in [0.05, 0.1) is 26.7 Å². The van der Waals surface area contributed by atoms with Gasteiger partial charge >= 0.3 is 0 Å². The van der Waals surface area contributed by atoms with Gasteiger partial charge in [-0.05, 0) is 62.2 Å². The average Bonchev–Trinajstić information content (AvgIpc) is 3.35. The van der Waals surface area contributed by atoms with Gasteiger partial charge < -0.3 is 10.2 Å². The molecule has 176 valence electrons. The van der Waals surface area contributed by atoms with Crippen LogP contribution in [0, 0.1) is 6.92 Å². The Morgan fingerprint density at radius 2 is 1.59 bits per heavy atom. The van der Waals surface area contributed by atoms with Crippen molar-refractivity contribution in [3.8, 4) is 0 Å². The third-order valence-corrected chi connectivity index (χ3v) is 7.32. The second-order valence-corrected chi connectivity index (χ2v) is 10.2. The van der Waals surface area contributed by atoms with Crippen LogP contribution in [0.15, 0.2) is 71.6 Å². The molecule has 7 nitrogen and oxygen atoms in total. The van der Waals surface area contributed by atoms with Crippen molar-refractivity contribution in [1.82, 2.24) is 4.90 Å². The van der Waals surface area contributed by atoms with E-state index in [9.17, 15) is 18.0 Å². The van der Waals surface area contributed by atoms with Gasteiger partial charge in [-0.1, -0.05) is 41.4 Å². The summed E-state index contributed by atoms with van der Waals surface area (Å²) in [6.45, 7) is 3.25. The molecule has 1 heterocycles. The summed E-state index contributed by atoms with van der Waals surface area (Å²) in [6.07, 6.45) is 1.92. The molecule has 9 heteroatoms. The highest BCUT2D eigenvalue weighted by Crippen LogP contribution is 2.26. The van der Waals surface area contributed by atoms with E-state index in [2.05, 4.69) is 10.0 Å². The Labute approximate surface area is 203 Å². The van der Waals surface area contributed by atoms with Crippen molar-refractivity contribution >= 4 is 44.8 Å². The van der Waals surface area contributed by atoms with Gasteiger partial charge in [-0.2, -0.15) is 0 Å². The van der Waals surface area contributed by atoms with E-state index in [0.29, 0.717) is 24.3 Å². The minimum Gasteiger partial charge on any atom is -0.339 e. The van der Waals surface area contributed by atoms with Crippen LogP contribution >= 0.6 is 11.6 Å². The van der Waals surface area contributed by atoms with Crippen LogP contribution < -0.4 is 10.0 Å². The third kappa shape index (κ3) is 5.24. The van der Waals surface area contributed by atoms with Gasteiger partial charge in [-0.15, -0.1) is 0 Å². The summed E-state index contributed by atoms with van der Waals surface area (Å²) in [4.78, 5) is 27.8. The number of anilines is 2. The molecule has 0 radical (unpaired) electrons. The lowest BCUT2D eigenvalue weighted by atomic mass is 10.1. The quantitative estimate of drug-likeness (QED) is 0.504. The van der Waals surface area contributed by atoms with E-state index in [1.54, 1.807) is 41.3 Å². The Hall–Kier alpha value is -3.36. The number of amides is 2. The zero-order valence-corrected chi connectivity index (χ0v) is 20.1. The lowest BCUT2D eigenvalue weighted by Crippen LogP contribution is -2.28. The van der Waals surface area contributed by atoms with E-state index in [-0.39, 0.29) is 27.1 Å². The number of halogens is 1. The van der Waals surface area contributed by atoms with Crippen molar-refractivity contribution in [2.24, 2.45) is 0 Å². The largest absolute Gasteiger partial charge is 0.339 e. The van der Waals surface area contributed by atoms with E-state index in [4.69, 9.17) is 11.6 Å². The molecule has 0 aromatic heterocycles. The molecule has 34 heavy (non-hydrogen) atoms. The fourth-order valence-electron chi connectivity index (χ4n) is 3.75. The Balaban J connectivity index is 1.56. The second kappa shape index (κ2) is 9.87. The van der Waals surface area contributed by atoms with Crippen LogP contribution in [0.4, 0.5) is 11.4 Å². The van der Waals surface area contributed by atoms with Crippen molar-refractivity contribution in [2.45, 2.75) is 24.7 Å². The Bertz CT molecular complexity index is 1330. The monoisotopic (exact) mass is 497 g/mol. The fraction of sp³-hybridized carbons (Fsp3) is 0.200. The summed E-state index contributed by atoms with van der Waals surface area (Å²) < 4.78 is 27.9. The second-order valence-electron chi connectivity index (χ2n) is 8.11. The van der Waals surface area contributed by atoms with Crippen LogP contribution in [0.3, 0.4) is 0 Å². The maximum absolute atomic E-state index is 13.1. The molecule has 1 saturated heterocycles. The molecular formula is C25H24ClN3O4S. The highest BCUT2D eigenvalue weighted by Gasteiger charge is 2.23. The van der Waals surface area contributed by atoms with Crippen LogP contribution in [-0.4, -0.2) is 38.2 Å². The summed E-state index contributed by atoms with van der Waals surface area (Å²) in [5, 5.41) is 2.90. The van der Waals surface area contributed by atoms with E-state index in [1.807, 2.05) is 6.92 Å². The standard InChI is InChI=1S/C25H24ClN3O4S/c1-17-8-11-19(12-9-17)34(32,33)28-18-10-13-22(26)21(16-18)24(30)27-23-7-3-2-6-20(23)25(31)29-14-4-5-15-29/h2-3,6-13,16,28H,4-5,14-15H2,1H3,(H,27,30). The number of aryl methyl sites for hydroxylation is 1. The van der Waals surface area contributed by atoms with Gasteiger partial charge in [0, 0.05) is 18.8 Å². The molecule has 0 spiro atoms. The first-order chi connectivity index (χ1) is 16.2. The maximum atomic E-state index is 13.1. The number of carbonyl (C=O) groups excluding carboxylic acids is 2. The number of nitrogens with zero attached hydrogens (tertiary/aromatic N) is 1. The number of benzene rings is 3. The summed E-state index contributed by atoms with van der Waals surface area (Å²) in [7, 11) is -3.85. The third-order valence-electron chi connectivity index (χ3n) is 5.59. The Morgan fingerprint density at radius 3 is 2.29 bits per heavy atom. The van der Waals surface area contributed by atoms with Gasteiger partial charge in [0.1, 0.15) is 0 Å². The minimum absolute atomic E-state index is 0.0780. The van der Waals surface area contributed by atoms with Crippen molar-refractivity contribution in [3.63, 3.8) is 0 Å². The number of hydrogen-bond acceptors (Lipinski definition) is 4. The van der Waals surface area contributed by atoms with Crippen molar-refractivity contribution in [1.29, 1.82) is 0 Å². The van der Waals surface area contributed by atoms with Crippen LogP contribution in [-0.2, 0) is 10.0 Å². The van der Waals surface area contributed by atoms with Gasteiger partial charge in [0.25, 0.3) is 21.8 Å². The van der Waals surface area contributed by atoms with E-state index < -0.39 is 15.9 Å². The van der Waals surface area contributed by atoms with Gasteiger partial charge in [0.2, 0.25) is 0 Å². The first kappa shape index (κ1) is 23.8. The molecule has 2 amide bonds. The maximum Gasteiger partial charge on any atom is 0.261 e. The van der Waals surface area contributed by atoms with E-state index in [0.717, 1.165) is 18.4 Å².